The predicted octanol–water partition coefficient (Wildman–Crippen LogP) is 1.93. The number of hydrogen-bond acceptors (Lipinski definition) is 3. The second-order valence-electron chi connectivity index (χ2n) is 4.14. The van der Waals surface area contributed by atoms with E-state index in [1.165, 1.54) is 4.68 Å². The van der Waals surface area contributed by atoms with E-state index >= 15 is 0 Å². The van der Waals surface area contributed by atoms with E-state index < -0.39 is 24.5 Å². The van der Waals surface area contributed by atoms with Crippen LogP contribution in [0.5, 0.6) is 0 Å². The number of amidine groups is 1. The van der Waals surface area contributed by atoms with Gasteiger partial charge in [0.1, 0.15) is 5.92 Å². The van der Waals surface area contributed by atoms with Crippen molar-refractivity contribution in [1.29, 1.82) is 0 Å². The van der Waals surface area contributed by atoms with Gasteiger partial charge in [-0.2, -0.15) is 18.3 Å². The Hall–Kier alpha value is -1.73. The molecule has 0 aromatic carbocycles. The number of nitrogens with zero attached hydrogens (tertiary/aromatic N) is 3. The maximum atomic E-state index is 12.9. The SMILES string of the molecule is CCc1cc(CC)n(CC(/C(N)=N/O)C(F)(F)F)n1. The first-order valence-electron chi connectivity index (χ1n) is 5.93. The summed E-state index contributed by atoms with van der Waals surface area (Å²) in [6, 6.07) is 1.76. The van der Waals surface area contributed by atoms with Crippen LogP contribution in [0.15, 0.2) is 11.2 Å². The van der Waals surface area contributed by atoms with Crippen molar-refractivity contribution in [2.24, 2.45) is 16.8 Å². The smallest absolute Gasteiger partial charge is 0.400 e. The average molecular weight is 278 g/mol. The molecule has 0 amide bonds. The van der Waals surface area contributed by atoms with Gasteiger partial charge in [0.25, 0.3) is 0 Å². The highest BCUT2D eigenvalue weighted by molar-refractivity contribution is 5.82. The highest BCUT2D eigenvalue weighted by atomic mass is 19.4. The number of hydrogen-bond donors (Lipinski definition) is 2. The molecule has 0 radical (unpaired) electrons. The molecule has 0 aliphatic carbocycles. The van der Waals surface area contributed by atoms with E-state index in [9.17, 15) is 13.2 Å². The zero-order valence-corrected chi connectivity index (χ0v) is 10.8. The number of aryl methyl sites for hydroxylation is 2. The molecule has 0 saturated carbocycles. The fourth-order valence-corrected chi connectivity index (χ4v) is 1.74. The van der Waals surface area contributed by atoms with Crippen LogP contribution in [0.3, 0.4) is 0 Å². The van der Waals surface area contributed by atoms with E-state index in [0.717, 1.165) is 5.69 Å². The highest BCUT2D eigenvalue weighted by Gasteiger charge is 2.43. The molecule has 1 aromatic rings. The lowest BCUT2D eigenvalue weighted by Gasteiger charge is -2.19. The van der Waals surface area contributed by atoms with Gasteiger partial charge in [0.05, 0.1) is 12.2 Å². The minimum Gasteiger partial charge on any atom is -0.409 e. The Balaban J connectivity index is 3.06. The lowest BCUT2D eigenvalue weighted by Crippen LogP contribution is -2.39. The summed E-state index contributed by atoms with van der Waals surface area (Å²) in [5, 5.41) is 15.0. The van der Waals surface area contributed by atoms with Gasteiger partial charge >= 0.3 is 6.18 Å². The van der Waals surface area contributed by atoms with Crippen LogP contribution < -0.4 is 5.73 Å². The van der Waals surface area contributed by atoms with Crippen LogP contribution in [-0.4, -0.2) is 27.0 Å². The van der Waals surface area contributed by atoms with Crippen LogP contribution in [0, 0.1) is 5.92 Å². The number of aromatic nitrogens is 2. The van der Waals surface area contributed by atoms with Crippen molar-refractivity contribution in [2.45, 2.75) is 39.4 Å². The molecule has 1 aromatic heterocycles. The van der Waals surface area contributed by atoms with Crippen molar-refractivity contribution in [1.82, 2.24) is 9.78 Å². The van der Waals surface area contributed by atoms with E-state index in [1.807, 2.05) is 13.8 Å². The van der Waals surface area contributed by atoms with E-state index in [0.29, 0.717) is 18.5 Å². The Morgan fingerprint density at radius 3 is 2.53 bits per heavy atom. The number of halogens is 3. The molecule has 1 heterocycles. The zero-order valence-electron chi connectivity index (χ0n) is 10.8. The van der Waals surface area contributed by atoms with E-state index in [-0.39, 0.29) is 0 Å². The molecule has 0 spiro atoms. The fraction of sp³-hybridized carbons (Fsp3) is 0.636. The largest absolute Gasteiger partial charge is 0.409 e. The third kappa shape index (κ3) is 3.62. The summed E-state index contributed by atoms with van der Waals surface area (Å²) in [6.45, 7) is 3.22. The van der Waals surface area contributed by atoms with Gasteiger partial charge in [0, 0.05) is 5.69 Å². The van der Waals surface area contributed by atoms with Crippen LogP contribution in [-0.2, 0) is 19.4 Å². The molecule has 8 heteroatoms. The number of oxime groups is 1. The Morgan fingerprint density at radius 2 is 2.11 bits per heavy atom. The van der Waals surface area contributed by atoms with Crippen LogP contribution in [0.25, 0.3) is 0 Å². The van der Waals surface area contributed by atoms with Gasteiger partial charge in [0.15, 0.2) is 5.84 Å². The van der Waals surface area contributed by atoms with Crippen LogP contribution in [0.4, 0.5) is 13.2 Å². The number of nitrogens with two attached hydrogens (primary N) is 1. The highest BCUT2D eigenvalue weighted by Crippen LogP contribution is 2.28. The van der Waals surface area contributed by atoms with Crippen LogP contribution >= 0.6 is 0 Å². The van der Waals surface area contributed by atoms with Gasteiger partial charge in [-0.3, -0.25) is 4.68 Å². The lowest BCUT2D eigenvalue weighted by atomic mass is 10.1. The van der Waals surface area contributed by atoms with Gasteiger partial charge in [-0.15, -0.1) is 0 Å². The minimum absolute atomic E-state index is 0.484. The zero-order chi connectivity index (χ0) is 14.6. The van der Waals surface area contributed by atoms with Crippen LogP contribution in [0.1, 0.15) is 25.2 Å². The van der Waals surface area contributed by atoms with Gasteiger partial charge in [-0.05, 0) is 18.9 Å². The standard InChI is InChI=1S/C11H17F3N4O/c1-3-7-5-8(4-2)18(16-7)6-9(10(15)17-19)11(12,13)14/h5,9,19H,3-4,6H2,1-2H3,(H2,15,17). The maximum absolute atomic E-state index is 12.9. The molecule has 0 aliphatic heterocycles. The first-order valence-corrected chi connectivity index (χ1v) is 5.93. The summed E-state index contributed by atoms with van der Waals surface area (Å²) < 4.78 is 39.8. The molecular weight excluding hydrogens is 261 g/mol. The second kappa shape index (κ2) is 5.94. The molecule has 1 atom stereocenters. The predicted molar refractivity (Wildman–Crippen MR) is 63.9 cm³/mol. The average Bonchev–Trinajstić information content (AvgIpc) is 2.76. The maximum Gasteiger partial charge on any atom is 0.400 e. The summed E-state index contributed by atoms with van der Waals surface area (Å²) in [5.41, 5.74) is 6.53. The molecule has 0 aliphatic rings. The van der Waals surface area contributed by atoms with Crippen LogP contribution in [0.2, 0.25) is 0 Å². The van der Waals surface area contributed by atoms with E-state index in [2.05, 4.69) is 10.3 Å². The summed E-state index contributed by atoms with van der Waals surface area (Å²) in [7, 11) is 0. The van der Waals surface area contributed by atoms with Gasteiger partial charge in [0.2, 0.25) is 0 Å². The van der Waals surface area contributed by atoms with Gasteiger partial charge in [-0.1, -0.05) is 19.0 Å². The van der Waals surface area contributed by atoms with Crippen molar-refractivity contribution in [3.8, 4) is 0 Å². The summed E-state index contributed by atoms with van der Waals surface area (Å²) >= 11 is 0. The molecule has 108 valence electrons. The molecule has 0 saturated heterocycles. The third-order valence-corrected chi connectivity index (χ3v) is 2.86. The molecule has 1 rings (SSSR count). The lowest BCUT2D eigenvalue weighted by molar-refractivity contribution is -0.159. The molecular formula is C11H17F3N4O. The molecule has 3 N–H and O–H groups in total. The van der Waals surface area contributed by atoms with Crippen molar-refractivity contribution in [3.63, 3.8) is 0 Å². The van der Waals surface area contributed by atoms with E-state index in [1.54, 1.807) is 6.07 Å². The Bertz CT molecular complexity index is 453. The summed E-state index contributed by atoms with van der Waals surface area (Å²) in [5.74, 6) is -2.91. The monoisotopic (exact) mass is 278 g/mol. The quantitative estimate of drug-likeness (QED) is 0.374. The fourth-order valence-electron chi connectivity index (χ4n) is 1.74. The molecule has 0 bridgehead atoms. The van der Waals surface area contributed by atoms with E-state index in [4.69, 9.17) is 10.9 Å². The first kappa shape index (κ1) is 15.3. The Labute approximate surface area is 108 Å². The van der Waals surface area contributed by atoms with Crippen molar-refractivity contribution in [3.05, 3.63) is 17.5 Å². The molecule has 0 fully saturated rings. The third-order valence-electron chi connectivity index (χ3n) is 2.86. The van der Waals surface area contributed by atoms with Crippen molar-refractivity contribution >= 4 is 5.84 Å². The molecule has 19 heavy (non-hydrogen) atoms. The number of alkyl halides is 3. The second-order valence-corrected chi connectivity index (χ2v) is 4.14. The van der Waals surface area contributed by atoms with Crippen molar-refractivity contribution < 1.29 is 18.4 Å². The molecule has 1 unspecified atom stereocenters. The van der Waals surface area contributed by atoms with Crippen molar-refractivity contribution in [2.75, 3.05) is 0 Å². The van der Waals surface area contributed by atoms with Gasteiger partial charge in [-0.25, -0.2) is 0 Å². The molecule has 5 nitrogen and oxygen atoms in total. The Morgan fingerprint density at radius 1 is 1.47 bits per heavy atom. The topological polar surface area (TPSA) is 76.4 Å². The summed E-state index contributed by atoms with van der Waals surface area (Å²) in [6.07, 6.45) is -3.38. The number of rotatable bonds is 5. The Kier molecular flexibility index (Phi) is 4.79. The normalized spacial score (nSPS) is 14.7. The first-order chi connectivity index (χ1) is 8.83. The van der Waals surface area contributed by atoms with Gasteiger partial charge < -0.3 is 10.9 Å². The minimum atomic E-state index is -4.58. The summed E-state index contributed by atoms with van der Waals surface area (Å²) in [4.78, 5) is 0.